The van der Waals surface area contributed by atoms with E-state index in [-0.39, 0.29) is 11.5 Å². The second-order valence-electron chi connectivity index (χ2n) is 6.78. The number of pyridine rings is 1. The lowest BCUT2D eigenvalue weighted by Gasteiger charge is -2.16. The lowest BCUT2D eigenvalue weighted by atomic mass is 10.2. The molecule has 0 aromatic carbocycles. The van der Waals surface area contributed by atoms with Gasteiger partial charge in [0.1, 0.15) is 15.8 Å². The van der Waals surface area contributed by atoms with Gasteiger partial charge in [0.2, 0.25) is 0 Å². The molecule has 2 aromatic heterocycles. The summed E-state index contributed by atoms with van der Waals surface area (Å²) in [6, 6.07) is 3.72. The predicted molar refractivity (Wildman–Crippen MR) is 115 cm³/mol. The highest BCUT2D eigenvalue weighted by molar-refractivity contribution is 8.26. The van der Waals surface area contributed by atoms with Crippen LogP contribution in [-0.4, -0.2) is 37.6 Å². The number of aryl methyl sites for hydroxylation is 1. The van der Waals surface area contributed by atoms with Crippen LogP contribution in [0.4, 0.5) is 5.82 Å². The highest BCUT2D eigenvalue weighted by atomic mass is 32.2. The van der Waals surface area contributed by atoms with Crippen LogP contribution in [0.2, 0.25) is 0 Å². The van der Waals surface area contributed by atoms with Gasteiger partial charge in [-0.1, -0.05) is 43.9 Å². The number of nitrogens with zero attached hydrogens (tertiary/aromatic N) is 3. The number of thioether (sulfide) groups is 1. The van der Waals surface area contributed by atoms with Crippen molar-refractivity contribution in [2.45, 2.75) is 27.7 Å². The standard InChI is InChI=1S/C19H22N4O2S2/c1-5-20-15-13(17(24)22-8-6-7-12(4)16(22)21-15)9-14-18(25)23(10-11(2)3)19(26)27-14/h6-9,11,20H,5,10H2,1-4H3/b14-9+. The largest absolute Gasteiger partial charge is 0.370 e. The van der Waals surface area contributed by atoms with Gasteiger partial charge in [0.15, 0.2) is 0 Å². The molecule has 2 aromatic rings. The van der Waals surface area contributed by atoms with Crippen LogP contribution >= 0.6 is 24.0 Å². The van der Waals surface area contributed by atoms with Gasteiger partial charge in [-0.2, -0.15) is 0 Å². The topological polar surface area (TPSA) is 66.7 Å². The maximum absolute atomic E-state index is 13.1. The summed E-state index contributed by atoms with van der Waals surface area (Å²) in [6.45, 7) is 9.10. The van der Waals surface area contributed by atoms with E-state index in [0.29, 0.717) is 45.3 Å². The van der Waals surface area contributed by atoms with Crippen molar-refractivity contribution in [2.24, 2.45) is 5.92 Å². The van der Waals surface area contributed by atoms with Crippen molar-refractivity contribution in [1.82, 2.24) is 14.3 Å². The molecule has 1 amide bonds. The molecule has 142 valence electrons. The van der Waals surface area contributed by atoms with Crippen LogP contribution in [0.15, 0.2) is 28.0 Å². The highest BCUT2D eigenvalue weighted by Gasteiger charge is 2.32. The smallest absolute Gasteiger partial charge is 0.267 e. The van der Waals surface area contributed by atoms with Crippen molar-refractivity contribution in [3.8, 4) is 0 Å². The van der Waals surface area contributed by atoms with Crippen molar-refractivity contribution in [1.29, 1.82) is 0 Å². The molecular formula is C19H22N4O2S2. The maximum atomic E-state index is 13.1. The number of hydrogen-bond acceptors (Lipinski definition) is 6. The molecule has 1 fully saturated rings. The Balaban J connectivity index is 2.14. The molecule has 1 saturated heterocycles. The minimum atomic E-state index is -0.214. The molecule has 3 rings (SSSR count). The Hall–Kier alpha value is -2.19. The van der Waals surface area contributed by atoms with E-state index in [4.69, 9.17) is 12.2 Å². The van der Waals surface area contributed by atoms with Crippen LogP contribution in [0, 0.1) is 12.8 Å². The third-order valence-corrected chi connectivity index (χ3v) is 5.50. The fourth-order valence-electron chi connectivity index (χ4n) is 2.90. The molecular weight excluding hydrogens is 380 g/mol. The monoisotopic (exact) mass is 402 g/mol. The van der Waals surface area contributed by atoms with Crippen molar-refractivity contribution in [3.05, 3.63) is 44.7 Å². The Morgan fingerprint density at radius 3 is 2.78 bits per heavy atom. The zero-order valence-corrected chi connectivity index (χ0v) is 17.4. The zero-order chi connectivity index (χ0) is 19.7. The molecule has 1 N–H and O–H groups in total. The van der Waals surface area contributed by atoms with Crippen LogP contribution in [0.5, 0.6) is 0 Å². The SMILES string of the molecule is CCNc1nc2c(C)cccn2c(=O)c1/C=C1/SC(=S)N(CC(C)C)C1=O. The summed E-state index contributed by atoms with van der Waals surface area (Å²) in [5.41, 5.74) is 1.66. The third kappa shape index (κ3) is 3.77. The van der Waals surface area contributed by atoms with E-state index in [1.807, 2.05) is 39.8 Å². The van der Waals surface area contributed by atoms with Crippen molar-refractivity contribution >= 4 is 51.7 Å². The minimum Gasteiger partial charge on any atom is -0.370 e. The van der Waals surface area contributed by atoms with Gasteiger partial charge in [0.05, 0.1) is 10.5 Å². The van der Waals surface area contributed by atoms with Gasteiger partial charge in [0.25, 0.3) is 11.5 Å². The van der Waals surface area contributed by atoms with E-state index >= 15 is 0 Å². The number of aromatic nitrogens is 2. The molecule has 6 nitrogen and oxygen atoms in total. The Bertz CT molecular complexity index is 1010. The van der Waals surface area contributed by atoms with Crippen LogP contribution in [0.3, 0.4) is 0 Å². The number of hydrogen-bond donors (Lipinski definition) is 1. The van der Waals surface area contributed by atoms with E-state index in [1.54, 1.807) is 17.2 Å². The number of anilines is 1. The quantitative estimate of drug-likeness (QED) is 0.611. The summed E-state index contributed by atoms with van der Waals surface area (Å²) in [5.74, 6) is 0.626. The van der Waals surface area contributed by atoms with Crippen LogP contribution in [-0.2, 0) is 4.79 Å². The summed E-state index contributed by atoms with van der Waals surface area (Å²) in [5, 5.41) is 3.14. The molecule has 8 heteroatoms. The van der Waals surface area contributed by atoms with Crippen molar-refractivity contribution in [2.75, 3.05) is 18.4 Å². The van der Waals surface area contributed by atoms with Gasteiger partial charge in [0, 0.05) is 19.3 Å². The first-order valence-corrected chi connectivity index (χ1v) is 10.1. The first-order chi connectivity index (χ1) is 12.8. The number of fused-ring (bicyclic) bond motifs is 1. The normalized spacial score (nSPS) is 16.2. The van der Waals surface area contributed by atoms with Crippen LogP contribution in [0.25, 0.3) is 11.7 Å². The van der Waals surface area contributed by atoms with Crippen molar-refractivity contribution < 1.29 is 4.79 Å². The summed E-state index contributed by atoms with van der Waals surface area (Å²) in [4.78, 5) is 32.5. The first kappa shape index (κ1) is 19.6. The van der Waals surface area contributed by atoms with E-state index in [2.05, 4.69) is 10.3 Å². The Kier molecular flexibility index (Phi) is 5.67. The average molecular weight is 403 g/mol. The van der Waals surface area contributed by atoms with Crippen LogP contribution < -0.4 is 10.9 Å². The maximum Gasteiger partial charge on any atom is 0.267 e. The van der Waals surface area contributed by atoms with Gasteiger partial charge in [-0.3, -0.25) is 18.9 Å². The summed E-state index contributed by atoms with van der Waals surface area (Å²) >= 11 is 6.58. The molecule has 3 heterocycles. The summed E-state index contributed by atoms with van der Waals surface area (Å²) < 4.78 is 2.03. The third-order valence-electron chi connectivity index (χ3n) is 4.13. The molecule has 0 spiro atoms. The summed E-state index contributed by atoms with van der Waals surface area (Å²) in [7, 11) is 0. The van der Waals surface area contributed by atoms with Gasteiger partial charge >= 0.3 is 0 Å². The zero-order valence-electron chi connectivity index (χ0n) is 15.8. The lowest BCUT2D eigenvalue weighted by Crippen LogP contribution is -2.31. The number of rotatable bonds is 5. The lowest BCUT2D eigenvalue weighted by molar-refractivity contribution is -0.122. The van der Waals surface area contributed by atoms with Crippen molar-refractivity contribution in [3.63, 3.8) is 0 Å². The van der Waals surface area contributed by atoms with Gasteiger partial charge < -0.3 is 5.32 Å². The fourth-order valence-corrected chi connectivity index (χ4v) is 4.15. The van der Waals surface area contributed by atoms with Gasteiger partial charge in [-0.05, 0) is 37.5 Å². The molecule has 27 heavy (non-hydrogen) atoms. The predicted octanol–water partition coefficient (Wildman–Crippen LogP) is 3.29. The van der Waals surface area contributed by atoms with E-state index in [1.165, 1.54) is 16.2 Å². The number of carbonyl (C=O) groups excluding carboxylic acids is 1. The Morgan fingerprint density at radius 2 is 2.11 bits per heavy atom. The molecule has 0 bridgehead atoms. The number of amides is 1. The van der Waals surface area contributed by atoms with E-state index < -0.39 is 0 Å². The van der Waals surface area contributed by atoms with Gasteiger partial charge in [-0.15, -0.1) is 0 Å². The average Bonchev–Trinajstić information content (AvgIpc) is 2.86. The number of thiocarbonyl (C=S) groups is 1. The number of carbonyl (C=O) groups is 1. The second-order valence-corrected chi connectivity index (χ2v) is 8.46. The van der Waals surface area contributed by atoms with E-state index in [0.717, 1.165) is 5.56 Å². The second kappa shape index (κ2) is 7.82. The molecule has 0 aliphatic carbocycles. The molecule has 1 aliphatic heterocycles. The summed E-state index contributed by atoms with van der Waals surface area (Å²) in [6.07, 6.45) is 3.30. The highest BCUT2D eigenvalue weighted by Crippen LogP contribution is 2.33. The molecule has 0 unspecified atom stereocenters. The minimum absolute atomic E-state index is 0.158. The number of nitrogens with one attached hydrogen (secondary N) is 1. The van der Waals surface area contributed by atoms with E-state index in [9.17, 15) is 9.59 Å². The Labute approximate surface area is 167 Å². The van der Waals surface area contributed by atoms with Gasteiger partial charge in [-0.25, -0.2) is 4.98 Å². The van der Waals surface area contributed by atoms with Crippen LogP contribution in [0.1, 0.15) is 31.9 Å². The fraction of sp³-hybridized carbons (Fsp3) is 0.368. The Morgan fingerprint density at radius 1 is 1.37 bits per heavy atom. The molecule has 0 atom stereocenters. The first-order valence-electron chi connectivity index (χ1n) is 8.84. The molecule has 1 aliphatic rings. The molecule has 0 saturated carbocycles. The molecule has 0 radical (unpaired) electrons.